The van der Waals surface area contributed by atoms with Crippen molar-refractivity contribution >= 4 is 47.2 Å². The van der Waals surface area contributed by atoms with E-state index in [0.717, 1.165) is 12.5 Å². The Morgan fingerprint density at radius 3 is 2.28 bits per heavy atom. The number of nitrogens with one attached hydrogen (secondary N) is 3. The highest BCUT2D eigenvalue weighted by Crippen LogP contribution is 2.27. The maximum absolute atomic E-state index is 12.1. The Hall–Kier alpha value is -0.830. The van der Waals surface area contributed by atoms with Gasteiger partial charge in [-0.05, 0) is 39.1 Å². The molecule has 0 radical (unpaired) electrons. The van der Waals surface area contributed by atoms with E-state index in [1.165, 1.54) is 4.88 Å². The van der Waals surface area contributed by atoms with Gasteiger partial charge in [0.05, 0.1) is 12.0 Å². The second kappa shape index (κ2) is 11.0. The molecule has 5 nitrogen and oxygen atoms in total. The molecule has 0 aliphatic carbocycles. The molecule has 1 heterocycles. The second-order valence-corrected chi connectivity index (χ2v) is 8.10. The zero-order chi connectivity index (χ0) is 18.2. The fourth-order valence-electron chi connectivity index (χ4n) is 2.14. The number of halogens is 1. The van der Waals surface area contributed by atoms with Gasteiger partial charge in [0.2, 0.25) is 5.91 Å². The summed E-state index contributed by atoms with van der Waals surface area (Å²) >= 11 is 1.76. The Labute approximate surface area is 173 Å². The molecule has 0 spiro atoms. The molecule has 25 heavy (non-hydrogen) atoms. The van der Waals surface area contributed by atoms with E-state index in [1.807, 2.05) is 27.7 Å². The Kier molecular flexibility index (Phi) is 10.6. The molecule has 0 atom stereocenters. The van der Waals surface area contributed by atoms with Gasteiger partial charge < -0.3 is 16.0 Å². The molecule has 0 aromatic carbocycles. The van der Waals surface area contributed by atoms with Gasteiger partial charge in [-0.1, -0.05) is 19.9 Å². The maximum atomic E-state index is 12.1. The number of carbonyl (C=O) groups excluding carboxylic acids is 1. The quantitative estimate of drug-likeness (QED) is 0.304. The van der Waals surface area contributed by atoms with Crippen molar-refractivity contribution in [1.29, 1.82) is 0 Å². The number of guanidine groups is 1. The molecule has 7 heteroatoms. The molecule has 0 unspecified atom stereocenters. The molecule has 1 aromatic rings. The van der Waals surface area contributed by atoms with Crippen molar-refractivity contribution in [3.05, 3.63) is 22.4 Å². The van der Waals surface area contributed by atoms with Crippen LogP contribution in [0, 0.1) is 5.41 Å². The smallest absolute Gasteiger partial charge is 0.227 e. The molecule has 1 rings (SSSR count). The van der Waals surface area contributed by atoms with Gasteiger partial charge in [-0.15, -0.1) is 35.3 Å². The summed E-state index contributed by atoms with van der Waals surface area (Å²) in [5, 5.41) is 11.5. The summed E-state index contributed by atoms with van der Waals surface area (Å²) in [6.45, 7) is 14.9. The van der Waals surface area contributed by atoms with Gasteiger partial charge in [-0.2, -0.15) is 0 Å². The molecule has 144 valence electrons. The molecule has 1 aromatic heterocycles. The van der Waals surface area contributed by atoms with Crippen LogP contribution in [0.3, 0.4) is 0 Å². The first kappa shape index (κ1) is 24.2. The van der Waals surface area contributed by atoms with Gasteiger partial charge in [0.1, 0.15) is 0 Å². The number of carbonyl (C=O) groups is 1. The minimum atomic E-state index is -0.491. The lowest BCUT2D eigenvalue weighted by atomic mass is 9.91. The summed E-state index contributed by atoms with van der Waals surface area (Å²) in [4.78, 5) is 18.1. The van der Waals surface area contributed by atoms with E-state index in [9.17, 15) is 4.79 Å². The minimum Gasteiger partial charge on any atom is -0.357 e. The lowest BCUT2D eigenvalue weighted by Gasteiger charge is -2.26. The van der Waals surface area contributed by atoms with E-state index in [2.05, 4.69) is 47.3 Å². The molecule has 0 saturated carbocycles. The van der Waals surface area contributed by atoms with Gasteiger partial charge in [0, 0.05) is 29.9 Å². The minimum absolute atomic E-state index is 0. The van der Waals surface area contributed by atoms with Crippen LogP contribution in [0.5, 0.6) is 0 Å². The third-order valence-electron chi connectivity index (χ3n) is 3.81. The summed E-state index contributed by atoms with van der Waals surface area (Å²) in [5.74, 6) is 0.798. The summed E-state index contributed by atoms with van der Waals surface area (Å²) in [6.07, 6.45) is 0. The Balaban J connectivity index is 0.00000576. The van der Waals surface area contributed by atoms with Gasteiger partial charge in [-0.3, -0.25) is 9.79 Å². The maximum Gasteiger partial charge on any atom is 0.227 e. The lowest BCUT2D eigenvalue weighted by molar-refractivity contribution is -0.128. The highest BCUT2D eigenvalue weighted by Gasteiger charge is 2.27. The normalized spacial score (nSPS) is 12.3. The van der Waals surface area contributed by atoms with Crippen LogP contribution in [0.25, 0.3) is 0 Å². The highest BCUT2D eigenvalue weighted by molar-refractivity contribution is 14.0. The fraction of sp³-hybridized carbons (Fsp3) is 0.667. The number of thiophene rings is 1. The van der Waals surface area contributed by atoms with Crippen molar-refractivity contribution in [3.63, 3.8) is 0 Å². The van der Waals surface area contributed by atoms with Crippen LogP contribution in [0.15, 0.2) is 22.5 Å². The van der Waals surface area contributed by atoms with E-state index in [0.29, 0.717) is 19.6 Å². The SMILES string of the molecule is CCNC(=O)C(C)(C)CNC(=NCC(C)(C)c1cccs1)NCC.I. The zero-order valence-corrected chi connectivity index (χ0v) is 19.4. The van der Waals surface area contributed by atoms with E-state index < -0.39 is 5.41 Å². The zero-order valence-electron chi connectivity index (χ0n) is 16.2. The number of rotatable bonds is 8. The first-order chi connectivity index (χ1) is 11.2. The predicted molar refractivity (Wildman–Crippen MR) is 119 cm³/mol. The van der Waals surface area contributed by atoms with Gasteiger partial charge in [0.15, 0.2) is 5.96 Å². The van der Waals surface area contributed by atoms with Crippen molar-refractivity contribution in [3.8, 4) is 0 Å². The van der Waals surface area contributed by atoms with Crippen molar-refractivity contribution in [1.82, 2.24) is 16.0 Å². The van der Waals surface area contributed by atoms with Gasteiger partial charge in [0.25, 0.3) is 0 Å². The Morgan fingerprint density at radius 1 is 1.12 bits per heavy atom. The third-order valence-corrected chi connectivity index (χ3v) is 5.05. The first-order valence-corrected chi connectivity index (χ1v) is 9.45. The summed E-state index contributed by atoms with van der Waals surface area (Å²) < 4.78 is 0. The molecule has 1 amide bonds. The van der Waals surface area contributed by atoms with E-state index in [4.69, 9.17) is 4.99 Å². The molecular formula is C18H33IN4OS. The molecular weight excluding hydrogens is 447 g/mol. The second-order valence-electron chi connectivity index (χ2n) is 7.15. The first-order valence-electron chi connectivity index (χ1n) is 8.57. The van der Waals surface area contributed by atoms with Crippen molar-refractivity contribution in [2.24, 2.45) is 10.4 Å². The lowest BCUT2D eigenvalue weighted by Crippen LogP contribution is -2.48. The van der Waals surface area contributed by atoms with Crippen molar-refractivity contribution in [2.75, 3.05) is 26.2 Å². The van der Waals surface area contributed by atoms with Crippen LogP contribution < -0.4 is 16.0 Å². The standard InChI is InChI=1S/C18H32N4OS.HI/c1-7-19-15(23)18(5,6)13-22-16(20-8-2)21-12-17(3,4)14-10-9-11-24-14;/h9-11H,7-8,12-13H2,1-6H3,(H,19,23)(H2,20,21,22);1H. The van der Waals surface area contributed by atoms with Crippen molar-refractivity contribution < 1.29 is 4.79 Å². The average molecular weight is 480 g/mol. The third kappa shape index (κ3) is 7.94. The van der Waals surface area contributed by atoms with E-state index in [-0.39, 0.29) is 35.3 Å². The molecule has 0 aliphatic heterocycles. The van der Waals surface area contributed by atoms with Crippen LogP contribution in [0.4, 0.5) is 0 Å². The highest BCUT2D eigenvalue weighted by atomic mass is 127. The molecule has 0 fully saturated rings. The predicted octanol–water partition coefficient (Wildman–Crippen LogP) is 3.36. The van der Waals surface area contributed by atoms with Crippen LogP contribution in [-0.4, -0.2) is 38.0 Å². The molecule has 0 bridgehead atoms. The molecule has 0 saturated heterocycles. The van der Waals surface area contributed by atoms with Crippen LogP contribution in [0.2, 0.25) is 0 Å². The fourth-order valence-corrected chi connectivity index (χ4v) is 2.99. The van der Waals surface area contributed by atoms with Crippen molar-refractivity contribution in [2.45, 2.75) is 47.0 Å². The van der Waals surface area contributed by atoms with Gasteiger partial charge in [-0.25, -0.2) is 0 Å². The number of amides is 1. The number of nitrogens with zero attached hydrogens (tertiary/aromatic N) is 1. The number of hydrogen-bond acceptors (Lipinski definition) is 3. The topological polar surface area (TPSA) is 65.5 Å². The average Bonchev–Trinajstić information content (AvgIpc) is 3.05. The number of aliphatic imine (C=N–C) groups is 1. The van der Waals surface area contributed by atoms with Gasteiger partial charge >= 0.3 is 0 Å². The van der Waals surface area contributed by atoms with E-state index >= 15 is 0 Å². The van der Waals surface area contributed by atoms with Crippen LogP contribution >= 0.6 is 35.3 Å². The largest absolute Gasteiger partial charge is 0.357 e. The number of hydrogen-bond donors (Lipinski definition) is 3. The molecule has 0 aliphatic rings. The summed E-state index contributed by atoms with van der Waals surface area (Å²) in [5.41, 5.74) is -0.499. The summed E-state index contributed by atoms with van der Waals surface area (Å²) in [7, 11) is 0. The van der Waals surface area contributed by atoms with E-state index in [1.54, 1.807) is 11.3 Å². The Bertz CT molecular complexity index is 541. The monoisotopic (exact) mass is 480 g/mol. The van der Waals surface area contributed by atoms with Crippen LogP contribution in [0.1, 0.15) is 46.4 Å². The molecule has 3 N–H and O–H groups in total. The summed E-state index contributed by atoms with van der Waals surface area (Å²) in [6, 6.07) is 4.22. The van der Waals surface area contributed by atoms with Crippen LogP contribution in [-0.2, 0) is 10.2 Å². The Morgan fingerprint density at radius 2 is 1.76 bits per heavy atom.